The molecular weight excluding hydrogens is 202 g/mol. The van der Waals surface area contributed by atoms with Crippen molar-refractivity contribution >= 4 is 0 Å². The normalized spacial score (nSPS) is 11.8. The molecule has 0 bridgehead atoms. The second-order valence-corrected chi connectivity index (χ2v) is 4.26. The van der Waals surface area contributed by atoms with E-state index in [9.17, 15) is 0 Å². The summed E-state index contributed by atoms with van der Waals surface area (Å²) in [6.07, 6.45) is 2.91. The van der Waals surface area contributed by atoms with E-state index >= 15 is 0 Å². The molecule has 16 heavy (non-hydrogen) atoms. The molecule has 0 amide bonds. The lowest BCUT2D eigenvalue weighted by Crippen LogP contribution is -2.24. The molecule has 0 aliphatic heterocycles. The monoisotopic (exact) mass is 223 g/mol. The van der Waals surface area contributed by atoms with Crippen LogP contribution in [0, 0.1) is 0 Å². The van der Waals surface area contributed by atoms with Crippen LogP contribution in [0.15, 0.2) is 12.3 Å². The maximum absolute atomic E-state index is 5.36. The minimum Gasteiger partial charge on any atom is -0.371 e. The van der Waals surface area contributed by atoms with Gasteiger partial charge in [0.15, 0.2) is 5.82 Å². The third kappa shape index (κ3) is 3.54. The zero-order chi connectivity index (χ0) is 12.0. The smallest absolute Gasteiger partial charge is 0.159 e. The van der Waals surface area contributed by atoms with Crippen LogP contribution in [0.1, 0.15) is 38.7 Å². The van der Waals surface area contributed by atoms with E-state index in [-0.39, 0.29) is 0 Å². The molecule has 1 rings (SSSR count). The van der Waals surface area contributed by atoms with Crippen molar-refractivity contribution in [3.8, 4) is 0 Å². The summed E-state index contributed by atoms with van der Waals surface area (Å²) in [5.41, 5.74) is 0.574. The Balaban J connectivity index is 2.71. The molecule has 0 unspecified atom stereocenters. The van der Waals surface area contributed by atoms with Gasteiger partial charge in [-0.25, -0.2) is 9.97 Å². The van der Waals surface area contributed by atoms with Crippen molar-refractivity contribution in [2.75, 3.05) is 13.7 Å². The van der Waals surface area contributed by atoms with Crippen molar-refractivity contribution < 1.29 is 4.74 Å². The van der Waals surface area contributed by atoms with Gasteiger partial charge in [-0.3, -0.25) is 0 Å². The van der Waals surface area contributed by atoms with Gasteiger partial charge in [0.2, 0.25) is 0 Å². The average Bonchev–Trinajstić information content (AvgIpc) is 2.30. The highest BCUT2D eigenvalue weighted by Crippen LogP contribution is 2.19. The Morgan fingerprint density at radius 2 is 2.19 bits per heavy atom. The highest BCUT2D eigenvalue weighted by Gasteiger charge is 2.22. The number of nitrogens with zero attached hydrogens (tertiary/aromatic N) is 2. The number of methoxy groups -OCH3 is 1. The van der Waals surface area contributed by atoms with Gasteiger partial charge in [0, 0.05) is 19.9 Å². The molecule has 1 aromatic heterocycles. The molecule has 4 nitrogen and oxygen atoms in total. The molecule has 1 aromatic rings. The average molecular weight is 223 g/mol. The van der Waals surface area contributed by atoms with Crippen LogP contribution >= 0.6 is 0 Å². The van der Waals surface area contributed by atoms with Gasteiger partial charge in [0.05, 0.1) is 5.69 Å². The fourth-order valence-electron chi connectivity index (χ4n) is 1.27. The Morgan fingerprint density at radius 1 is 1.44 bits per heavy atom. The number of hydrogen-bond donors (Lipinski definition) is 1. The molecular formula is C12H21N3O. The summed E-state index contributed by atoms with van der Waals surface area (Å²) in [6.45, 7) is 7.86. The number of rotatable bonds is 6. The van der Waals surface area contributed by atoms with Gasteiger partial charge in [-0.15, -0.1) is 0 Å². The summed E-state index contributed by atoms with van der Waals surface area (Å²) in [5.74, 6) is 0.728. The lowest BCUT2D eigenvalue weighted by atomic mass is 10.1. The van der Waals surface area contributed by atoms with Crippen LogP contribution in [0.5, 0.6) is 0 Å². The first-order valence-corrected chi connectivity index (χ1v) is 5.68. The number of nitrogens with one attached hydrogen (secondary N) is 1. The van der Waals surface area contributed by atoms with Crippen LogP contribution in [-0.4, -0.2) is 23.6 Å². The summed E-state index contributed by atoms with van der Waals surface area (Å²) in [7, 11) is 1.67. The Kier molecular flexibility index (Phi) is 4.83. The molecule has 0 spiro atoms. The Morgan fingerprint density at radius 3 is 2.81 bits per heavy atom. The Labute approximate surface area is 97.5 Å². The zero-order valence-electron chi connectivity index (χ0n) is 10.6. The van der Waals surface area contributed by atoms with Crippen molar-refractivity contribution in [1.29, 1.82) is 0 Å². The topological polar surface area (TPSA) is 47.0 Å². The summed E-state index contributed by atoms with van der Waals surface area (Å²) in [4.78, 5) is 8.73. The molecule has 0 aliphatic carbocycles. The van der Waals surface area contributed by atoms with Gasteiger partial charge in [0.1, 0.15) is 5.60 Å². The van der Waals surface area contributed by atoms with Gasteiger partial charge in [0.25, 0.3) is 0 Å². The molecule has 0 saturated carbocycles. The molecule has 1 heterocycles. The number of ether oxygens (including phenoxy) is 1. The summed E-state index contributed by atoms with van der Waals surface area (Å²) < 4.78 is 5.36. The second-order valence-electron chi connectivity index (χ2n) is 4.26. The Hall–Kier alpha value is -1.00. The van der Waals surface area contributed by atoms with Crippen LogP contribution in [0.25, 0.3) is 0 Å². The molecule has 0 fully saturated rings. The van der Waals surface area contributed by atoms with Crippen LogP contribution in [-0.2, 0) is 16.9 Å². The number of aromatic nitrogens is 2. The van der Waals surface area contributed by atoms with E-state index in [4.69, 9.17) is 4.74 Å². The lowest BCUT2D eigenvalue weighted by Gasteiger charge is -2.21. The summed E-state index contributed by atoms with van der Waals surface area (Å²) in [5, 5.41) is 3.32. The molecule has 4 heteroatoms. The molecule has 0 aliphatic rings. The van der Waals surface area contributed by atoms with Gasteiger partial charge in [-0.05, 0) is 32.9 Å². The van der Waals surface area contributed by atoms with E-state index in [1.54, 1.807) is 13.3 Å². The molecule has 90 valence electrons. The summed E-state index contributed by atoms with van der Waals surface area (Å²) in [6, 6.07) is 1.93. The van der Waals surface area contributed by atoms with Gasteiger partial charge < -0.3 is 10.1 Å². The first-order valence-electron chi connectivity index (χ1n) is 5.68. The van der Waals surface area contributed by atoms with Crippen molar-refractivity contribution in [2.24, 2.45) is 0 Å². The standard InChI is InChI=1S/C12H21N3O/c1-5-7-13-9-10-6-8-14-11(15-10)12(2,3)16-4/h6,8,13H,5,7,9H2,1-4H3. The van der Waals surface area contributed by atoms with Crippen LogP contribution in [0.2, 0.25) is 0 Å². The fraction of sp³-hybridized carbons (Fsp3) is 0.667. The third-order valence-corrected chi connectivity index (χ3v) is 2.49. The fourth-order valence-corrected chi connectivity index (χ4v) is 1.27. The minimum absolute atomic E-state index is 0.430. The first kappa shape index (κ1) is 13.1. The van der Waals surface area contributed by atoms with E-state index in [0.717, 1.165) is 31.0 Å². The zero-order valence-corrected chi connectivity index (χ0v) is 10.6. The quantitative estimate of drug-likeness (QED) is 0.748. The lowest BCUT2D eigenvalue weighted by molar-refractivity contribution is 0.0112. The maximum Gasteiger partial charge on any atom is 0.159 e. The predicted molar refractivity (Wildman–Crippen MR) is 64.1 cm³/mol. The van der Waals surface area contributed by atoms with Crippen molar-refractivity contribution in [2.45, 2.75) is 39.3 Å². The predicted octanol–water partition coefficient (Wildman–Crippen LogP) is 1.86. The van der Waals surface area contributed by atoms with Crippen LogP contribution in [0.4, 0.5) is 0 Å². The highest BCUT2D eigenvalue weighted by molar-refractivity contribution is 5.06. The van der Waals surface area contributed by atoms with Crippen LogP contribution < -0.4 is 5.32 Å². The molecule has 1 N–H and O–H groups in total. The maximum atomic E-state index is 5.36. The molecule has 0 aromatic carbocycles. The van der Waals surface area contributed by atoms with E-state index in [0.29, 0.717) is 0 Å². The van der Waals surface area contributed by atoms with Gasteiger partial charge in [-0.1, -0.05) is 6.92 Å². The first-order chi connectivity index (χ1) is 7.60. The molecule has 0 saturated heterocycles. The van der Waals surface area contributed by atoms with Gasteiger partial charge >= 0.3 is 0 Å². The second kappa shape index (κ2) is 5.92. The van der Waals surface area contributed by atoms with Crippen molar-refractivity contribution in [3.63, 3.8) is 0 Å². The summed E-state index contributed by atoms with van der Waals surface area (Å²) >= 11 is 0. The van der Waals surface area contributed by atoms with Gasteiger partial charge in [-0.2, -0.15) is 0 Å². The SMILES string of the molecule is CCCNCc1ccnc(C(C)(C)OC)n1. The van der Waals surface area contributed by atoms with Crippen molar-refractivity contribution in [1.82, 2.24) is 15.3 Å². The van der Waals surface area contributed by atoms with E-state index in [1.807, 2.05) is 19.9 Å². The highest BCUT2D eigenvalue weighted by atomic mass is 16.5. The van der Waals surface area contributed by atoms with Crippen LogP contribution in [0.3, 0.4) is 0 Å². The minimum atomic E-state index is -0.430. The van der Waals surface area contributed by atoms with Crippen molar-refractivity contribution in [3.05, 3.63) is 23.8 Å². The number of hydrogen-bond acceptors (Lipinski definition) is 4. The third-order valence-electron chi connectivity index (χ3n) is 2.49. The van der Waals surface area contributed by atoms with E-state index in [2.05, 4.69) is 22.2 Å². The Bertz CT molecular complexity index is 326. The van der Waals surface area contributed by atoms with E-state index < -0.39 is 5.60 Å². The van der Waals surface area contributed by atoms with E-state index in [1.165, 1.54) is 0 Å². The largest absolute Gasteiger partial charge is 0.371 e. The molecule has 0 radical (unpaired) electrons. The molecule has 0 atom stereocenters.